The van der Waals surface area contributed by atoms with Gasteiger partial charge in [0.1, 0.15) is 11.5 Å². The highest BCUT2D eigenvalue weighted by Gasteiger charge is 2.11. The minimum Gasteiger partial charge on any atom is -0.224 e. The number of rotatable bonds is 1. The highest BCUT2D eigenvalue weighted by molar-refractivity contribution is 6.33. The van der Waals surface area contributed by atoms with Crippen LogP contribution in [0.1, 0.15) is 0 Å². The molecule has 3 rings (SSSR count). The lowest BCUT2D eigenvalue weighted by atomic mass is 10.3. The zero-order valence-corrected chi connectivity index (χ0v) is 9.57. The van der Waals surface area contributed by atoms with E-state index < -0.39 is 11.6 Å². The van der Waals surface area contributed by atoms with Crippen molar-refractivity contribution in [2.45, 2.75) is 0 Å². The van der Waals surface area contributed by atoms with Crippen LogP contribution in [0.15, 0.2) is 30.7 Å². The fourth-order valence-corrected chi connectivity index (χ4v) is 1.80. The third-order valence-electron chi connectivity index (χ3n) is 2.46. The van der Waals surface area contributed by atoms with Gasteiger partial charge in [0.05, 0.1) is 17.3 Å². The molecule has 0 bridgehead atoms. The number of benzene rings is 1. The average Bonchev–Trinajstić information content (AvgIpc) is 2.78. The first-order valence-electron chi connectivity index (χ1n) is 4.96. The number of aromatic nitrogens is 4. The monoisotopic (exact) mass is 266 g/mol. The molecule has 0 radical (unpaired) electrons. The van der Waals surface area contributed by atoms with Crippen molar-refractivity contribution in [2.75, 3.05) is 0 Å². The minimum atomic E-state index is -0.948. The molecule has 0 spiro atoms. The third kappa shape index (κ3) is 1.62. The van der Waals surface area contributed by atoms with Crippen molar-refractivity contribution in [2.24, 2.45) is 0 Å². The van der Waals surface area contributed by atoms with E-state index in [1.807, 2.05) is 0 Å². The van der Waals surface area contributed by atoms with Gasteiger partial charge in [-0.25, -0.2) is 23.4 Å². The van der Waals surface area contributed by atoms with Gasteiger partial charge in [0.25, 0.3) is 0 Å². The van der Waals surface area contributed by atoms with E-state index in [4.69, 9.17) is 11.6 Å². The van der Waals surface area contributed by atoms with Crippen LogP contribution in [0.5, 0.6) is 0 Å². The predicted molar refractivity (Wildman–Crippen MR) is 61.6 cm³/mol. The predicted octanol–water partition coefficient (Wildman–Crippen LogP) is 2.75. The van der Waals surface area contributed by atoms with Crippen LogP contribution in [0.4, 0.5) is 8.78 Å². The molecule has 7 heteroatoms. The van der Waals surface area contributed by atoms with Gasteiger partial charge in [-0.1, -0.05) is 11.6 Å². The van der Waals surface area contributed by atoms with E-state index in [0.717, 1.165) is 12.1 Å². The molecule has 3 aromatic rings. The van der Waals surface area contributed by atoms with Gasteiger partial charge < -0.3 is 0 Å². The number of fused-ring (bicyclic) bond motifs is 1. The number of nitrogens with zero attached hydrogens (tertiary/aromatic N) is 4. The van der Waals surface area contributed by atoms with Gasteiger partial charge in [-0.2, -0.15) is 5.10 Å². The third-order valence-corrected chi connectivity index (χ3v) is 2.77. The van der Waals surface area contributed by atoms with Crippen molar-refractivity contribution in [3.8, 4) is 5.69 Å². The fraction of sp³-hybridized carbons (Fsp3) is 0. The van der Waals surface area contributed by atoms with Crippen LogP contribution < -0.4 is 0 Å². The van der Waals surface area contributed by atoms with Gasteiger partial charge in [0, 0.05) is 6.07 Å². The van der Waals surface area contributed by atoms with E-state index >= 15 is 0 Å². The molecule has 0 N–H and O–H groups in total. The first kappa shape index (κ1) is 11.0. The summed E-state index contributed by atoms with van der Waals surface area (Å²) in [7, 11) is 0. The Bertz CT molecular complexity index is 741. The van der Waals surface area contributed by atoms with Crippen molar-refractivity contribution in [1.29, 1.82) is 0 Å². The molecule has 90 valence electrons. The summed E-state index contributed by atoms with van der Waals surface area (Å²) in [4.78, 5) is 7.83. The maximum Gasteiger partial charge on any atom is 0.167 e. The van der Waals surface area contributed by atoms with Gasteiger partial charge in [-0.15, -0.1) is 0 Å². The van der Waals surface area contributed by atoms with E-state index in [-0.39, 0.29) is 5.15 Å². The summed E-state index contributed by atoms with van der Waals surface area (Å²) in [6.45, 7) is 0. The van der Waals surface area contributed by atoms with Crippen LogP contribution in [0.2, 0.25) is 5.15 Å². The Morgan fingerprint density at radius 3 is 2.72 bits per heavy atom. The van der Waals surface area contributed by atoms with Gasteiger partial charge in [0.15, 0.2) is 17.3 Å². The van der Waals surface area contributed by atoms with Gasteiger partial charge in [-0.3, -0.25) is 0 Å². The summed E-state index contributed by atoms with van der Waals surface area (Å²) in [5, 5.41) is 4.84. The van der Waals surface area contributed by atoms with Crippen molar-refractivity contribution in [3.05, 3.63) is 47.5 Å². The molecule has 1 aromatic carbocycles. The second-order valence-corrected chi connectivity index (χ2v) is 3.91. The molecule has 0 aliphatic rings. The summed E-state index contributed by atoms with van der Waals surface area (Å²) in [5.74, 6) is -1.86. The lowest BCUT2D eigenvalue weighted by Gasteiger charge is -2.03. The molecule has 2 heterocycles. The Labute approximate surface area is 105 Å². The topological polar surface area (TPSA) is 43.6 Å². The molecular weight excluding hydrogens is 262 g/mol. The SMILES string of the molecule is Fc1ccc(-n2ncc3c(Cl)ncnc32)cc1F. The summed E-state index contributed by atoms with van der Waals surface area (Å²) >= 11 is 5.88. The minimum absolute atomic E-state index is 0.258. The quantitative estimate of drug-likeness (QED) is 0.636. The first-order valence-corrected chi connectivity index (χ1v) is 5.34. The van der Waals surface area contributed by atoms with Gasteiger partial charge >= 0.3 is 0 Å². The Kier molecular flexibility index (Phi) is 2.45. The van der Waals surface area contributed by atoms with Crippen LogP contribution in [0, 0.1) is 11.6 Å². The lowest BCUT2D eigenvalue weighted by Crippen LogP contribution is -1.99. The van der Waals surface area contributed by atoms with E-state index in [0.29, 0.717) is 16.7 Å². The van der Waals surface area contributed by atoms with Crippen LogP contribution in [0.25, 0.3) is 16.7 Å². The second-order valence-electron chi connectivity index (χ2n) is 3.56. The van der Waals surface area contributed by atoms with Gasteiger partial charge in [-0.05, 0) is 12.1 Å². The Hall–Kier alpha value is -2.08. The van der Waals surface area contributed by atoms with Crippen LogP contribution >= 0.6 is 11.6 Å². The normalized spacial score (nSPS) is 11.1. The molecule has 0 aliphatic heterocycles. The highest BCUT2D eigenvalue weighted by atomic mass is 35.5. The van der Waals surface area contributed by atoms with E-state index in [1.54, 1.807) is 0 Å². The molecule has 0 atom stereocenters. The average molecular weight is 267 g/mol. The lowest BCUT2D eigenvalue weighted by molar-refractivity contribution is 0.507. The summed E-state index contributed by atoms with van der Waals surface area (Å²) < 4.78 is 27.4. The van der Waals surface area contributed by atoms with Crippen LogP contribution in [-0.4, -0.2) is 19.7 Å². The zero-order valence-electron chi connectivity index (χ0n) is 8.81. The summed E-state index contributed by atoms with van der Waals surface area (Å²) in [6, 6.07) is 3.47. The summed E-state index contributed by atoms with van der Waals surface area (Å²) in [6.07, 6.45) is 2.75. The van der Waals surface area contributed by atoms with Crippen molar-refractivity contribution in [3.63, 3.8) is 0 Å². The Morgan fingerprint density at radius 2 is 1.94 bits per heavy atom. The largest absolute Gasteiger partial charge is 0.224 e. The zero-order chi connectivity index (χ0) is 12.7. The van der Waals surface area contributed by atoms with E-state index in [2.05, 4.69) is 15.1 Å². The smallest absolute Gasteiger partial charge is 0.167 e. The first-order chi connectivity index (χ1) is 8.66. The molecule has 0 amide bonds. The maximum absolute atomic E-state index is 13.2. The highest BCUT2D eigenvalue weighted by Crippen LogP contribution is 2.22. The molecule has 2 aromatic heterocycles. The maximum atomic E-state index is 13.2. The second kappa shape index (κ2) is 3.99. The van der Waals surface area contributed by atoms with Crippen LogP contribution in [-0.2, 0) is 0 Å². The Balaban J connectivity index is 2.25. The fourth-order valence-electron chi connectivity index (χ4n) is 1.62. The molecule has 0 unspecified atom stereocenters. The summed E-state index contributed by atoms with van der Waals surface area (Å²) in [5.41, 5.74) is 0.791. The molecular formula is C11H5ClF2N4. The number of hydrogen-bond donors (Lipinski definition) is 0. The van der Waals surface area contributed by atoms with E-state index in [1.165, 1.54) is 23.3 Å². The van der Waals surface area contributed by atoms with Crippen molar-refractivity contribution in [1.82, 2.24) is 19.7 Å². The standard InChI is InChI=1S/C11H5ClF2N4/c12-10-7-4-17-18(11(7)16-5-15-10)6-1-2-8(13)9(14)3-6/h1-5H. The van der Waals surface area contributed by atoms with Gasteiger partial charge in [0.2, 0.25) is 0 Å². The number of halogens is 3. The van der Waals surface area contributed by atoms with Crippen LogP contribution in [0.3, 0.4) is 0 Å². The molecule has 0 fully saturated rings. The molecule has 18 heavy (non-hydrogen) atoms. The van der Waals surface area contributed by atoms with E-state index in [9.17, 15) is 8.78 Å². The Morgan fingerprint density at radius 1 is 1.11 bits per heavy atom. The molecule has 0 saturated heterocycles. The van der Waals surface area contributed by atoms with Crippen molar-refractivity contribution >= 4 is 22.6 Å². The number of hydrogen-bond acceptors (Lipinski definition) is 3. The molecule has 4 nitrogen and oxygen atoms in total. The molecule has 0 saturated carbocycles. The molecule has 0 aliphatic carbocycles. The van der Waals surface area contributed by atoms with Crippen molar-refractivity contribution < 1.29 is 8.78 Å².